The number of carbonyl (C=O) groups excluding carboxylic acids is 1. The maximum Gasteiger partial charge on any atom is 0.277 e. The van der Waals surface area contributed by atoms with E-state index in [1.165, 1.54) is 11.8 Å². The van der Waals surface area contributed by atoms with Gasteiger partial charge >= 0.3 is 0 Å². The van der Waals surface area contributed by atoms with Crippen molar-refractivity contribution >= 4 is 29.1 Å². The zero-order valence-electron chi connectivity index (χ0n) is 15.5. The molecule has 0 saturated heterocycles. The Balaban J connectivity index is 1.47. The number of ketones is 1. The lowest BCUT2D eigenvalue weighted by Gasteiger charge is -2.05. The first-order chi connectivity index (χ1) is 14.1. The van der Waals surface area contributed by atoms with Crippen LogP contribution in [0.15, 0.2) is 76.4 Å². The smallest absolute Gasteiger partial charge is 0.277 e. The molecule has 5 nitrogen and oxygen atoms in total. The number of carbonyl (C=O) groups is 1. The van der Waals surface area contributed by atoms with Gasteiger partial charge in [0.2, 0.25) is 0 Å². The second-order valence-electron chi connectivity index (χ2n) is 6.29. The molecule has 0 spiro atoms. The first kappa shape index (κ1) is 19.4. The third-order valence-corrected chi connectivity index (χ3v) is 5.36. The molecule has 0 fully saturated rings. The molecule has 144 valence electrons. The summed E-state index contributed by atoms with van der Waals surface area (Å²) < 4.78 is 5.73. The van der Waals surface area contributed by atoms with E-state index in [4.69, 9.17) is 16.0 Å². The fraction of sp³-hybridized carbons (Fsp3) is 0.0909. The van der Waals surface area contributed by atoms with Crippen LogP contribution in [0.4, 0.5) is 0 Å². The second-order valence-corrected chi connectivity index (χ2v) is 7.65. The first-order valence-electron chi connectivity index (χ1n) is 8.88. The summed E-state index contributed by atoms with van der Waals surface area (Å²) in [6.45, 7) is 1.89. The number of pyridine rings is 1. The number of nitrogens with zero attached hydrogens (tertiary/aromatic N) is 3. The summed E-state index contributed by atoms with van der Waals surface area (Å²) in [7, 11) is 0. The molecule has 0 aliphatic carbocycles. The summed E-state index contributed by atoms with van der Waals surface area (Å²) in [5, 5.41) is 9.18. The molecule has 0 saturated carbocycles. The maximum atomic E-state index is 12.2. The van der Waals surface area contributed by atoms with Gasteiger partial charge in [0.25, 0.3) is 11.1 Å². The highest BCUT2D eigenvalue weighted by atomic mass is 35.5. The average Bonchev–Trinajstić information content (AvgIpc) is 3.22. The Morgan fingerprint density at radius 2 is 1.76 bits per heavy atom. The summed E-state index contributed by atoms with van der Waals surface area (Å²) in [6.07, 6.45) is 0. The fourth-order valence-electron chi connectivity index (χ4n) is 2.78. The van der Waals surface area contributed by atoms with Gasteiger partial charge < -0.3 is 4.42 Å². The van der Waals surface area contributed by atoms with E-state index in [-0.39, 0.29) is 11.5 Å². The van der Waals surface area contributed by atoms with Crippen LogP contribution in [0.2, 0.25) is 5.02 Å². The molecule has 29 heavy (non-hydrogen) atoms. The van der Waals surface area contributed by atoms with Gasteiger partial charge in [-0.2, -0.15) is 0 Å². The summed E-state index contributed by atoms with van der Waals surface area (Å²) >= 11 is 7.17. The van der Waals surface area contributed by atoms with Gasteiger partial charge in [0.1, 0.15) is 0 Å². The van der Waals surface area contributed by atoms with Gasteiger partial charge in [0.15, 0.2) is 5.78 Å². The lowest BCUT2D eigenvalue weighted by atomic mass is 10.1. The Labute approximate surface area is 177 Å². The summed E-state index contributed by atoms with van der Waals surface area (Å²) in [5.41, 5.74) is 4.02. The zero-order chi connectivity index (χ0) is 20.2. The molecule has 0 aliphatic heterocycles. The molecule has 4 rings (SSSR count). The van der Waals surface area contributed by atoms with Gasteiger partial charge in [-0.1, -0.05) is 65.8 Å². The number of benzene rings is 2. The molecule has 0 radical (unpaired) electrons. The zero-order valence-corrected chi connectivity index (χ0v) is 17.1. The summed E-state index contributed by atoms with van der Waals surface area (Å²) in [6, 6.07) is 20.5. The molecule has 0 bridgehead atoms. The van der Waals surface area contributed by atoms with E-state index in [9.17, 15) is 4.79 Å². The second kappa shape index (κ2) is 8.59. The maximum absolute atomic E-state index is 12.2. The predicted molar refractivity (Wildman–Crippen MR) is 114 cm³/mol. The molecule has 2 aromatic carbocycles. The highest BCUT2D eigenvalue weighted by Gasteiger charge is 2.15. The lowest BCUT2D eigenvalue weighted by molar-refractivity contribution is 0.102. The minimum Gasteiger partial charge on any atom is -0.411 e. The van der Waals surface area contributed by atoms with E-state index in [0.29, 0.717) is 21.7 Å². The van der Waals surface area contributed by atoms with E-state index < -0.39 is 0 Å². The van der Waals surface area contributed by atoms with Crippen LogP contribution in [-0.4, -0.2) is 26.7 Å². The van der Waals surface area contributed by atoms with Crippen molar-refractivity contribution in [1.29, 1.82) is 0 Å². The SMILES string of the molecule is Cc1nc(-c2ccc(Cl)cc2)ccc1-c1nnc(SCC(=O)c2ccccc2)o1. The Morgan fingerprint density at radius 3 is 2.48 bits per heavy atom. The molecule has 4 aromatic rings. The first-order valence-corrected chi connectivity index (χ1v) is 10.2. The number of Topliss-reactive ketones (excluding diaryl/α,β-unsaturated/α-hetero) is 1. The largest absolute Gasteiger partial charge is 0.411 e. The molecular weight excluding hydrogens is 406 g/mol. The standard InChI is InChI=1S/C22H16ClN3O2S/c1-14-18(11-12-19(24-14)15-7-9-17(23)10-8-15)21-25-26-22(28-21)29-13-20(27)16-5-3-2-4-6-16/h2-12H,13H2,1H3. The number of aromatic nitrogens is 3. The normalized spacial score (nSPS) is 10.8. The van der Waals surface area contributed by atoms with E-state index in [0.717, 1.165) is 22.5 Å². The van der Waals surface area contributed by atoms with Gasteiger partial charge in [0.05, 0.1) is 22.7 Å². The molecule has 0 N–H and O–H groups in total. The van der Waals surface area contributed by atoms with Crippen molar-refractivity contribution in [1.82, 2.24) is 15.2 Å². The van der Waals surface area contributed by atoms with Gasteiger partial charge in [-0.05, 0) is 31.2 Å². The van der Waals surface area contributed by atoms with Gasteiger partial charge in [-0.15, -0.1) is 10.2 Å². The van der Waals surface area contributed by atoms with Crippen molar-refractivity contribution in [2.45, 2.75) is 12.1 Å². The minimum atomic E-state index is 0.0144. The summed E-state index contributed by atoms with van der Waals surface area (Å²) in [5.74, 6) is 0.631. The number of aryl methyl sites for hydroxylation is 1. The predicted octanol–water partition coefficient (Wildman–Crippen LogP) is 5.74. The Hall–Kier alpha value is -2.96. The molecule has 2 heterocycles. The molecule has 0 aliphatic rings. The van der Waals surface area contributed by atoms with Crippen LogP contribution in [0.5, 0.6) is 0 Å². The molecule has 2 aromatic heterocycles. The van der Waals surface area contributed by atoms with Crippen LogP contribution < -0.4 is 0 Å². The quantitative estimate of drug-likeness (QED) is 0.292. The fourth-order valence-corrected chi connectivity index (χ4v) is 3.56. The van der Waals surface area contributed by atoms with Crippen molar-refractivity contribution in [3.8, 4) is 22.7 Å². The monoisotopic (exact) mass is 421 g/mol. The average molecular weight is 422 g/mol. The Kier molecular flexibility index (Phi) is 5.74. The van der Waals surface area contributed by atoms with Crippen LogP contribution in [-0.2, 0) is 0 Å². The molecule has 7 heteroatoms. The number of thioether (sulfide) groups is 1. The Bertz CT molecular complexity index is 1140. The lowest BCUT2D eigenvalue weighted by Crippen LogP contribution is -2.01. The van der Waals surface area contributed by atoms with E-state index in [1.807, 2.05) is 61.5 Å². The Morgan fingerprint density at radius 1 is 1.00 bits per heavy atom. The van der Waals surface area contributed by atoms with Gasteiger partial charge in [0, 0.05) is 16.1 Å². The highest BCUT2D eigenvalue weighted by Crippen LogP contribution is 2.28. The summed E-state index contributed by atoms with van der Waals surface area (Å²) in [4.78, 5) is 16.9. The number of hydrogen-bond donors (Lipinski definition) is 0. The molecule has 0 amide bonds. The van der Waals surface area contributed by atoms with Crippen LogP contribution in [0.3, 0.4) is 0 Å². The van der Waals surface area contributed by atoms with Crippen LogP contribution >= 0.6 is 23.4 Å². The van der Waals surface area contributed by atoms with Gasteiger partial charge in [-0.25, -0.2) is 0 Å². The minimum absolute atomic E-state index is 0.0144. The molecular formula is C22H16ClN3O2S. The number of hydrogen-bond acceptors (Lipinski definition) is 6. The third-order valence-electron chi connectivity index (χ3n) is 4.29. The molecule has 0 atom stereocenters. The van der Waals surface area contributed by atoms with Crippen LogP contribution in [0.25, 0.3) is 22.7 Å². The van der Waals surface area contributed by atoms with E-state index in [2.05, 4.69) is 15.2 Å². The van der Waals surface area contributed by atoms with E-state index in [1.54, 1.807) is 12.1 Å². The topological polar surface area (TPSA) is 68.9 Å². The van der Waals surface area contributed by atoms with E-state index >= 15 is 0 Å². The third kappa shape index (κ3) is 4.55. The van der Waals surface area contributed by atoms with Crippen LogP contribution in [0, 0.1) is 6.92 Å². The van der Waals surface area contributed by atoms with Crippen molar-refractivity contribution in [3.63, 3.8) is 0 Å². The highest BCUT2D eigenvalue weighted by molar-refractivity contribution is 7.99. The van der Waals surface area contributed by atoms with Crippen molar-refractivity contribution in [3.05, 3.63) is 83.0 Å². The van der Waals surface area contributed by atoms with Crippen molar-refractivity contribution < 1.29 is 9.21 Å². The molecule has 0 unspecified atom stereocenters. The van der Waals surface area contributed by atoms with Crippen LogP contribution in [0.1, 0.15) is 16.1 Å². The van der Waals surface area contributed by atoms with Gasteiger partial charge in [-0.3, -0.25) is 9.78 Å². The van der Waals surface area contributed by atoms with Crippen molar-refractivity contribution in [2.24, 2.45) is 0 Å². The van der Waals surface area contributed by atoms with Crippen molar-refractivity contribution in [2.75, 3.05) is 5.75 Å². The number of rotatable bonds is 6. The number of halogens is 1.